The van der Waals surface area contributed by atoms with Crippen molar-refractivity contribution in [3.63, 3.8) is 0 Å². The highest BCUT2D eigenvalue weighted by Gasteiger charge is 2.21. The third kappa shape index (κ3) is 2.95. The first-order valence-electron chi connectivity index (χ1n) is 6.94. The van der Waals surface area contributed by atoms with E-state index in [0.29, 0.717) is 23.7 Å². The predicted octanol–water partition coefficient (Wildman–Crippen LogP) is 3.16. The van der Waals surface area contributed by atoms with Crippen LogP contribution in [0, 0.1) is 11.3 Å². The zero-order valence-corrected chi connectivity index (χ0v) is 12.6. The van der Waals surface area contributed by atoms with Gasteiger partial charge in [-0.2, -0.15) is 0 Å². The second-order valence-corrected chi connectivity index (χ2v) is 6.48. The largest absolute Gasteiger partial charge is 0.399 e. The molecule has 4 N–H and O–H groups in total. The molecule has 4 heteroatoms. The summed E-state index contributed by atoms with van der Waals surface area (Å²) in [6, 6.07) is 5.53. The van der Waals surface area contributed by atoms with Crippen molar-refractivity contribution in [3.8, 4) is 0 Å². The number of nitrogens with one attached hydrogen (secondary N) is 2. The van der Waals surface area contributed by atoms with Crippen LogP contribution in [0.2, 0.25) is 0 Å². The highest BCUT2D eigenvalue weighted by atomic mass is 16.1. The Kier molecular flexibility index (Phi) is 3.75. The lowest BCUT2D eigenvalue weighted by Gasteiger charge is -2.27. The van der Waals surface area contributed by atoms with E-state index in [1.165, 1.54) is 0 Å². The minimum Gasteiger partial charge on any atom is -0.399 e. The first-order chi connectivity index (χ1) is 9.29. The van der Waals surface area contributed by atoms with Crippen LogP contribution >= 0.6 is 0 Å². The average Bonchev–Trinajstić information content (AvgIpc) is 2.77. The maximum atomic E-state index is 12.3. The molecular formula is C16H23N3O. The molecule has 2 aromatic rings. The molecule has 0 saturated carbocycles. The molecule has 0 aliphatic rings. The molecule has 0 aliphatic heterocycles. The predicted molar refractivity (Wildman–Crippen MR) is 83.7 cm³/mol. The minimum atomic E-state index is -0.0443. The molecule has 1 heterocycles. The van der Waals surface area contributed by atoms with Crippen LogP contribution in [0.15, 0.2) is 24.4 Å². The number of H-pyrrole nitrogens is 1. The topological polar surface area (TPSA) is 70.9 Å². The first kappa shape index (κ1) is 14.4. The zero-order chi connectivity index (χ0) is 14.9. The number of aromatic nitrogens is 1. The van der Waals surface area contributed by atoms with Gasteiger partial charge in [-0.25, -0.2) is 0 Å². The van der Waals surface area contributed by atoms with Gasteiger partial charge in [0.05, 0.1) is 5.56 Å². The Labute approximate surface area is 119 Å². The van der Waals surface area contributed by atoms with Crippen molar-refractivity contribution in [2.75, 3.05) is 12.3 Å². The molecule has 1 unspecified atom stereocenters. The number of hydrogen-bond donors (Lipinski definition) is 3. The summed E-state index contributed by atoms with van der Waals surface area (Å²) in [5.74, 6) is 0.365. The van der Waals surface area contributed by atoms with E-state index in [9.17, 15) is 4.79 Å². The molecule has 1 aromatic heterocycles. The molecule has 0 bridgehead atoms. The van der Waals surface area contributed by atoms with Crippen molar-refractivity contribution in [2.45, 2.75) is 27.7 Å². The van der Waals surface area contributed by atoms with E-state index in [-0.39, 0.29) is 11.3 Å². The van der Waals surface area contributed by atoms with E-state index in [4.69, 9.17) is 5.73 Å². The van der Waals surface area contributed by atoms with Gasteiger partial charge in [0.2, 0.25) is 0 Å². The second kappa shape index (κ2) is 5.19. The number of benzene rings is 1. The Morgan fingerprint density at radius 1 is 1.40 bits per heavy atom. The molecule has 4 nitrogen and oxygen atoms in total. The molecule has 1 atom stereocenters. The van der Waals surface area contributed by atoms with Crippen LogP contribution in [0.5, 0.6) is 0 Å². The lowest BCUT2D eigenvalue weighted by Crippen LogP contribution is -2.33. The van der Waals surface area contributed by atoms with Gasteiger partial charge in [-0.3, -0.25) is 4.79 Å². The smallest absolute Gasteiger partial charge is 0.253 e. The van der Waals surface area contributed by atoms with E-state index in [2.05, 4.69) is 38.0 Å². The van der Waals surface area contributed by atoms with Crippen molar-refractivity contribution in [1.29, 1.82) is 0 Å². The van der Waals surface area contributed by atoms with E-state index in [1.54, 1.807) is 6.20 Å². The third-order valence-electron chi connectivity index (χ3n) is 4.00. The second-order valence-electron chi connectivity index (χ2n) is 6.48. The number of amides is 1. The maximum Gasteiger partial charge on any atom is 0.253 e. The van der Waals surface area contributed by atoms with E-state index in [0.717, 1.165) is 10.9 Å². The Morgan fingerprint density at radius 2 is 2.10 bits per heavy atom. The molecule has 1 amide bonds. The Morgan fingerprint density at radius 3 is 2.75 bits per heavy atom. The fourth-order valence-electron chi connectivity index (χ4n) is 1.98. The molecule has 2 rings (SSSR count). The van der Waals surface area contributed by atoms with E-state index >= 15 is 0 Å². The molecule has 20 heavy (non-hydrogen) atoms. The third-order valence-corrected chi connectivity index (χ3v) is 4.00. The lowest BCUT2D eigenvalue weighted by atomic mass is 9.82. The van der Waals surface area contributed by atoms with Gasteiger partial charge in [0.15, 0.2) is 0 Å². The Hall–Kier alpha value is -1.97. The number of hydrogen-bond acceptors (Lipinski definition) is 2. The van der Waals surface area contributed by atoms with Crippen molar-refractivity contribution >= 4 is 22.5 Å². The van der Waals surface area contributed by atoms with Crippen molar-refractivity contribution in [2.24, 2.45) is 11.3 Å². The van der Waals surface area contributed by atoms with E-state index in [1.807, 2.05) is 18.2 Å². The molecular weight excluding hydrogens is 250 g/mol. The van der Waals surface area contributed by atoms with Crippen LogP contribution in [0.4, 0.5) is 5.69 Å². The summed E-state index contributed by atoms with van der Waals surface area (Å²) in [6.45, 7) is 9.36. The summed E-state index contributed by atoms with van der Waals surface area (Å²) < 4.78 is 0. The molecule has 1 aromatic carbocycles. The highest BCUT2D eigenvalue weighted by Crippen LogP contribution is 2.25. The molecule has 0 spiro atoms. The van der Waals surface area contributed by atoms with Gasteiger partial charge in [0, 0.05) is 29.3 Å². The van der Waals surface area contributed by atoms with Crippen LogP contribution < -0.4 is 11.1 Å². The molecule has 0 radical (unpaired) electrons. The number of nitrogens with two attached hydrogens (primary N) is 1. The minimum absolute atomic E-state index is 0.0443. The molecule has 0 fully saturated rings. The summed E-state index contributed by atoms with van der Waals surface area (Å²) >= 11 is 0. The number of aromatic amines is 1. The van der Waals surface area contributed by atoms with Crippen LogP contribution in [0.25, 0.3) is 10.9 Å². The number of anilines is 1. The number of rotatable bonds is 3. The summed E-state index contributed by atoms with van der Waals surface area (Å²) in [7, 11) is 0. The number of nitrogen functional groups attached to an aromatic ring is 1. The summed E-state index contributed by atoms with van der Waals surface area (Å²) in [5, 5.41) is 3.91. The fourth-order valence-corrected chi connectivity index (χ4v) is 1.98. The standard InChI is InChI=1S/C16H23N3O/c1-10(16(2,3)4)8-19-15(20)13-9-18-14-7-11(17)5-6-12(13)14/h5-7,9-10,18H,8,17H2,1-4H3,(H,19,20). The Balaban J connectivity index is 2.12. The summed E-state index contributed by atoms with van der Waals surface area (Å²) in [4.78, 5) is 15.4. The monoisotopic (exact) mass is 273 g/mol. The van der Waals surface area contributed by atoms with E-state index < -0.39 is 0 Å². The van der Waals surface area contributed by atoms with Crippen LogP contribution in [0.1, 0.15) is 38.1 Å². The van der Waals surface area contributed by atoms with Crippen LogP contribution in [-0.2, 0) is 0 Å². The summed E-state index contributed by atoms with van der Waals surface area (Å²) in [5.41, 5.74) is 8.16. The van der Waals surface area contributed by atoms with Crippen LogP contribution in [-0.4, -0.2) is 17.4 Å². The summed E-state index contributed by atoms with van der Waals surface area (Å²) in [6.07, 6.45) is 1.74. The number of fused-ring (bicyclic) bond motifs is 1. The van der Waals surface area contributed by atoms with Gasteiger partial charge in [-0.15, -0.1) is 0 Å². The average molecular weight is 273 g/mol. The normalized spacial score (nSPS) is 13.4. The fraction of sp³-hybridized carbons (Fsp3) is 0.438. The van der Waals surface area contributed by atoms with Gasteiger partial charge >= 0.3 is 0 Å². The van der Waals surface area contributed by atoms with Crippen LogP contribution in [0.3, 0.4) is 0 Å². The lowest BCUT2D eigenvalue weighted by molar-refractivity contribution is 0.0939. The number of carbonyl (C=O) groups excluding carboxylic acids is 1. The number of carbonyl (C=O) groups is 1. The molecule has 108 valence electrons. The van der Waals surface area contributed by atoms with Gasteiger partial charge in [-0.05, 0) is 29.5 Å². The van der Waals surface area contributed by atoms with Crippen molar-refractivity contribution in [3.05, 3.63) is 30.0 Å². The highest BCUT2D eigenvalue weighted by molar-refractivity contribution is 6.07. The van der Waals surface area contributed by atoms with Gasteiger partial charge in [0.1, 0.15) is 0 Å². The van der Waals surface area contributed by atoms with Crippen molar-refractivity contribution in [1.82, 2.24) is 10.3 Å². The quantitative estimate of drug-likeness (QED) is 0.752. The zero-order valence-electron chi connectivity index (χ0n) is 12.6. The molecule has 0 saturated heterocycles. The molecule has 0 aliphatic carbocycles. The van der Waals surface area contributed by atoms with Gasteiger partial charge < -0.3 is 16.0 Å². The van der Waals surface area contributed by atoms with Crippen molar-refractivity contribution < 1.29 is 4.79 Å². The first-order valence-corrected chi connectivity index (χ1v) is 6.94. The maximum absolute atomic E-state index is 12.3. The van der Waals surface area contributed by atoms with Gasteiger partial charge in [0.25, 0.3) is 5.91 Å². The SMILES string of the molecule is CC(CNC(=O)c1c[nH]c2cc(N)ccc12)C(C)(C)C. The Bertz CT molecular complexity index is 622. The van der Waals surface area contributed by atoms with Gasteiger partial charge in [-0.1, -0.05) is 27.7 Å².